The molecule has 0 aromatic carbocycles. The van der Waals surface area contributed by atoms with Gasteiger partial charge in [-0.2, -0.15) is 0 Å². The highest BCUT2D eigenvalue weighted by atomic mass is 32.2. The number of hydrogen-bond donors (Lipinski definition) is 1. The van der Waals surface area contributed by atoms with Crippen LogP contribution in [-0.2, 0) is 14.6 Å². The van der Waals surface area contributed by atoms with Crippen molar-refractivity contribution in [2.24, 2.45) is 16.7 Å². The summed E-state index contributed by atoms with van der Waals surface area (Å²) in [6.07, 6.45) is 4.11. The third kappa shape index (κ3) is 4.24. The highest BCUT2D eigenvalue weighted by Gasteiger charge is 2.40. The molecule has 0 aromatic rings. The Morgan fingerprint density at radius 2 is 1.64 bits per heavy atom. The molecule has 0 spiro atoms. The summed E-state index contributed by atoms with van der Waals surface area (Å²) in [6, 6.07) is 0.208. The van der Waals surface area contributed by atoms with E-state index in [9.17, 15) is 13.2 Å². The molecule has 1 amide bonds. The highest BCUT2D eigenvalue weighted by Crippen LogP contribution is 2.45. The van der Waals surface area contributed by atoms with Gasteiger partial charge in [0.1, 0.15) is 0 Å². The van der Waals surface area contributed by atoms with Crippen molar-refractivity contribution in [1.29, 1.82) is 0 Å². The SMILES string of the molecule is CC1CC(C(=O)NC2CC(C)(C)CC(C)(C)C2)CCS1(=O)=O. The third-order valence-electron chi connectivity index (χ3n) is 5.25. The molecule has 2 rings (SSSR count). The van der Waals surface area contributed by atoms with E-state index >= 15 is 0 Å². The topological polar surface area (TPSA) is 63.2 Å². The van der Waals surface area contributed by atoms with Gasteiger partial charge in [0.05, 0.1) is 11.0 Å². The minimum atomic E-state index is -2.98. The maximum Gasteiger partial charge on any atom is 0.223 e. The van der Waals surface area contributed by atoms with Crippen molar-refractivity contribution in [2.45, 2.75) is 78.0 Å². The van der Waals surface area contributed by atoms with E-state index in [1.165, 1.54) is 6.42 Å². The average Bonchev–Trinajstić information content (AvgIpc) is 2.28. The molecule has 0 bridgehead atoms. The quantitative estimate of drug-likeness (QED) is 0.847. The number of carbonyl (C=O) groups is 1. The van der Waals surface area contributed by atoms with Crippen LogP contribution in [0.3, 0.4) is 0 Å². The highest BCUT2D eigenvalue weighted by molar-refractivity contribution is 7.92. The molecule has 1 aliphatic heterocycles. The van der Waals surface area contributed by atoms with Crippen LogP contribution in [0, 0.1) is 16.7 Å². The monoisotopic (exact) mass is 329 g/mol. The van der Waals surface area contributed by atoms with E-state index in [1.807, 2.05) is 0 Å². The average molecular weight is 330 g/mol. The van der Waals surface area contributed by atoms with Crippen molar-refractivity contribution in [2.75, 3.05) is 5.75 Å². The van der Waals surface area contributed by atoms with Gasteiger partial charge in [0.25, 0.3) is 0 Å². The molecule has 1 heterocycles. The number of amides is 1. The van der Waals surface area contributed by atoms with E-state index in [4.69, 9.17) is 0 Å². The van der Waals surface area contributed by atoms with Crippen LogP contribution in [-0.4, -0.2) is 31.4 Å². The molecule has 1 aliphatic carbocycles. The molecule has 5 heteroatoms. The van der Waals surface area contributed by atoms with E-state index in [0.29, 0.717) is 12.8 Å². The first kappa shape index (κ1) is 17.8. The Hall–Kier alpha value is -0.580. The molecule has 1 N–H and O–H groups in total. The zero-order chi connectivity index (χ0) is 16.8. The summed E-state index contributed by atoms with van der Waals surface area (Å²) in [6.45, 7) is 10.8. The molecule has 2 unspecified atom stereocenters. The van der Waals surface area contributed by atoms with E-state index in [-0.39, 0.29) is 34.4 Å². The molecular weight excluding hydrogens is 298 g/mol. The Morgan fingerprint density at radius 3 is 2.14 bits per heavy atom. The predicted octanol–water partition coefficient (Wildman–Crippen LogP) is 2.92. The largest absolute Gasteiger partial charge is 0.353 e. The zero-order valence-corrected chi connectivity index (χ0v) is 15.4. The Kier molecular flexibility index (Phi) is 4.69. The minimum Gasteiger partial charge on any atom is -0.353 e. The lowest BCUT2D eigenvalue weighted by Crippen LogP contribution is -2.49. The van der Waals surface area contributed by atoms with Crippen LogP contribution in [0.4, 0.5) is 0 Å². The second-order valence-corrected chi connectivity index (χ2v) is 11.6. The van der Waals surface area contributed by atoms with Crippen LogP contribution < -0.4 is 5.32 Å². The molecule has 0 radical (unpaired) electrons. The van der Waals surface area contributed by atoms with E-state index < -0.39 is 15.1 Å². The molecule has 0 aromatic heterocycles. The lowest BCUT2D eigenvalue weighted by molar-refractivity contribution is -0.127. The van der Waals surface area contributed by atoms with Gasteiger partial charge in [-0.15, -0.1) is 0 Å². The van der Waals surface area contributed by atoms with Gasteiger partial charge < -0.3 is 5.32 Å². The van der Waals surface area contributed by atoms with E-state index in [0.717, 1.165) is 12.8 Å². The van der Waals surface area contributed by atoms with Gasteiger partial charge >= 0.3 is 0 Å². The smallest absolute Gasteiger partial charge is 0.223 e. The van der Waals surface area contributed by atoms with Crippen molar-refractivity contribution < 1.29 is 13.2 Å². The van der Waals surface area contributed by atoms with Crippen LogP contribution >= 0.6 is 0 Å². The van der Waals surface area contributed by atoms with Crippen LogP contribution in [0.1, 0.15) is 66.7 Å². The summed E-state index contributed by atoms with van der Waals surface area (Å²) >= 11 is 0. The number of sulfone groups is 1. The van der Waals surface area contributed by atoms with Gasteiger partial charge in [0.15, 0.2) is 9.84 Å². The first-order valence-corrected chi connectivity index (χ1v) is 10.1. The summed E-state index contributed by atoms with van der Waals surface area (Å²) in [4.78, 5) is 12.5. The molecule has 1 saturated heterocycles. The van der Waals surface area contributed by atoms with Crippen molar-refractivity contribution in [1.82, 2.24) is 5.32 Å². The van der Waals surface area contributed by atoms with Gasteiger partial charge in [-0.3, -0.25) is 4.79 Å². The second kappa shape index (κ2) is 5.81. The summed E-state index contributed by atoms with van der Waals surface area (Å²) in [5.74, 6) is 0.0559. The Balaban J connectivity index is 1.97. The predicted molar refractivity (Wildman–Crippen MR) is 89.3 cm³/mol. The second-order valence-electron chi connectivity index (χ2n) is 9.02. The fraction of sp³-hybridized carbons (Fsp3) is 0.941. The normalized spacial score (nSPS) is 34.0. The van der Waals surface area contributed by atoms with Crippen LogP contribution in [0.25, 0.3) is 0 Å². The molecule has 2 atom stereocenters. The van der Waals surface area contributed by atoms with E-state index in [2.05, 4.69) is 33.0 Å². The fourth-order valence-corrected chi connectivity index (χ4v) is 6.22. The zero-order valence-electron chi connectivity index (χ0n) is 14.6. The number of rotatable bonds is 2. The first-order chi connectivity index (χ1) is 9.90. The number of hydrogen-bond acceptors (Lipinski definition) is 3. The van der Waals surface area contributed by atoms with Crippen molar-refractivity contribution in [3.05, 3.63) is 0 Å². The van der Waals surface area contributed by atoms with Gasteiger partial charge in [-0.1, -0.05) is 27.7 Å². The summed E-state index contributed by atoms with van der Waals surface area (Å²) in [5.41, 5.74) is 0.478. The lowest BCUT2D eigenvalue weighted by atomic mass is 9.63. The Morgan fingerprint density at radius 1 is 1.09 bits per heavy atom. The maximum absolute atomic E-state index is 12.5. The summed E-state index contributed by atoms with van der Waals surface area (Å²) in [7, 11) is -2.98. The molecule has 2 aliphatic rings. The van der Waals surface area contributed by atoms with Gasteiger partial charge in [-0.25, -0.2) is 8.42 Å². The van der Waals surface area contributed by atoms with Crippen molar-refractivity contribution in [3.63, 3.8) is 0 Å². The number of nitrogens with one attached hydrogen (secondary N) is 1. The van der Waals surface area contributed by atoms with Gasteiger partial charge in [-0.05, 0) is 49.9 Å². The molecule has 22 heavy (non-hydrogen) atoms. The summed E-state index contributed by atoms with van der Waals surface area (Å²) in [5, 5.41) is 2.82. The molecule has 1 saturated carbocycles. The summed E-state index contributed by atoms with van der Waals surface area (Å²) < 4.78 is 23.6. The standard InChI is InChI=1S/C17H31NO3S/c1-12-8-13(6-7-22(12,20)21)15(19)18-14-9-16(2,3)11-17(4,5)10-14/h12-14H,6-11H2,1-5H3,(H,18,19). The molecular formula is C17H31NO3S. The minimum absolute atomic E-state index is 0.0558. The first-order valence-electron chi connectivity index (χ1n) is 8.42. The third-order valence-corrected chi connectivity index (χ3v) is 7.48. The molecule has 4 nitrogen and oxygen atoms in total. The van der Waals surface area contributed by atoms with Gasteiger partial charge in [0, 0.05) is 12.0 Å². The number of carbonyl (C=O) groups excluding carboxylic acids is 1. The Labute approximate surface area is 135 Å². The molecule has 2 fully saturated rings. The van der Waals surface area contributed by atoms with Crippen molar-refractivity contribution >= 4 is 15.7 Å². The van der Waals surface area contributed by atoms with Crippen LogP contribution in [0.5, 0.6) is 0 Å². The maximum atomic E-state index is 12.5. The molecule has 128 valence electrons. The lowest BCUT2D eigenvalue weighted by Gasteiger charge is -2.45. The van der Waals surface area contributed by atoms with Gasteiger partial charge in [0.2, 0.25) is 5.91 Å². The van der Waals surface area contributed by atoms with Crippen LogP contribution in [0.15, 0.2) is 0 Å². The fourth-order valence-electron chi connectivity index (χ4n) is 4.68. The van der Waals surface area contributed by atoms with Crippen molar-refractivity contribution in [3.8, 4) is 0 Å². The van der Waals surface area contributed by atoms with E-state index in [1.54, 1.807) is 6.92 Å². The Bertz CT molecular complexity index is 520. The van der Waals surface area contributed by atoms with Crippen LogP contribution in [0.2, 0.25) is 0 Å².